The fourth-order valence-corrected chi connectivity index (χ4v) is 3.81. The van der Waals surface area contributed by atoms with Gasteiger partial charge >= 0.3 is 0 Å². The Morgan fingerprint density at radius 1 is 1.32 bits per heavy atom. The average molecular weight is 387 g/mol. The number of anilines is 1. The van der Waals surface area contributed by atoms with Crippen LogP contribution in [0.5, 0.6) is 0 Å². The molecular weight excluding hydrogens is 373 g/mol. The normalized spacial score (nSPS) is 24.8. The van der Waals surface area contributed by atoms with Crippen LogP contribution >= 0.6 is 27.5 Å². The second kappa shape index (κ2) is 5.28. The van der Waals surface area contributed by atoms with E-state index in [4.69, 9.17) is 16.3 Å². The Kier molecular flexibility index (Phi) is 3.51. The van der Waals surface area contributed by atoms with Gasteiger partial charge in [0.25, 0.3) is 0 Å². The summed E-state index contributed by atoms with van der Waals surface area (Å²) < 4.78 is 20.5. The molecule has 0 bridgehead atoms. The molecule has 0 saturated carbocycles. The third-order valence-electron chi connectivity index (χ3n) is 4.52. The smallest absolute Gasteiger partial charge is 0.225 e. The molecule has 2 aliphatic rings. The summed E-state index contributed by atoms with van der Waals surface area (Å²) in [6.45, 7) is 2.46. The lowest BCUT2D eigenvalue weighted by atomic mass is 9.86. The van der Waals surface area contributed by atoms with Gasteiger partial charge in [0.15, 0.2) is 5.82 Å². The Morgan fingerprint density at radius 3 is 2.86 bits per heavy atom. The molecule has 0 N–H and O–H groups in total. The Labute approximate surface area is 140 Å². The highest BCUT2D eigenvalue weighted by Gasteiger charge is 2.42. The molecule has 0 radical (unpaired) electrons. The van der Waals surface area contributed by atoms with E-state index < -0.39 is 5.82 Å². The van der Waals surface area contributed by atoms with Crippen LogP contribution in [0, 0.1) is 5.82 Å². The standard InChI is InChI=1S/C15H14BrClFN3O/c16-10-3-2-9-12(11(10)18)19-14(17)20-13(9)21-6-1-4-15(8-21)5-7-22-15/h2-3H,1,4-8H2/t15-/m1/s1. The number of aromatic nitrogens is 2. The summed E-state index contributed by atoms with van der Waals surface area (Å²) in [6, 6.07) is 3.51. The van der Waals surface area contributed by atoms with E-state index in [1.54, 1.807) is 6.07 Å². The van der Waals surface area contributed by atoms with Crippen LogP contribution in [-0.4, -0.2) is 35.3 Å². The largest absolute Gasteiger partial charge is 0.373 e. The molecule has 1 spiro atoms. The molecule has 0 amide bonds. The van der Waals surface area contributed by atoms with Crippen molar-refractivity contribution in [2.24, 2.45) is 0 Å². The molecule has 4 nitrogen and oxygen atoms in total. The third kappa shape index (κ3) is 2.28. The molecule has 2 aromatic rings. The monoisotopic (exact) mass is 385 g/mol. The van der Waals surface area contributed by atoms with Gasteiger partial charge in [-0.25, -0.2) is 9.37 Å². The summed E-state index contributed by atoms with van der Waals surface area (Å²) in [5, 5.41) is 0.745. The second-order valence-electron chi connectivity index (χ2n) is 5.88. The third-order valence-corrected chi connectivity index (χ3v) is 5.30. The van der Waals surface area contributed by atoms with Crippen molar-refractivity contribution in [2.45, 2.75) is 24.9 Å². The Bertz CT molecular complexity index is 753. The Balaban J connectivity index is 1.82. The minimum atomic E-state index is -0.408. The minimum Gasteiger partial charge on any atom is -0.373 e. The van der Waals surface area contributed by atoms with Crippen molar-refractivity contribution in [3.63, 3.8) is 0 Å². The van der Waals surface area contributed by atoms with Crippen LogP contribution in [0.4, 0.5) is 10.2 Å². The summed E-state index contributed by atoms with van der Waals surface area (Å²) in [4.78, 5) is 10.6. The van der Waals surface area contributed by atoms with E-state index in [9.17, 15) is 4.39 Å². The molecule has 2 fully saturated rings. The zero-order valence-electron chi connectivity index (χ0n) is 11.8. The summed E-state index contributed by atoms with van der Waals surface area (Å²) in [7, 11) is 0. The maximum atomic E-state index is 14.3. The maximum Gasteiger partial charge on any atom is 0.225 e. The fraction of sp³-hybridized carbons (Fsp3) is 0.467. The van der Waals surface area contributed by atoms with E-state index in [1.165, 1.54) is 0 Å². The van der Waals surface area contributed by atoms with E-state index in [1.807, 2.05) is 6.07 Å². The van der Waals surface area contributed by atoms with Crippen LogP contribution in [0.15, 0.2) is 16.6 Å². The Morgan fingerprint density at radius 2 is 2.14 bits per heavy atom. The van der Waals surface area contributed by atoms with Gasteiger partial charge in [0.2, 0.25) is 5.28 Å². The zero-order valence-corrected chi connectivity index (χ0v) is 14.1. The molecule has 2 saturated heterocycles. The predicted octanol–water partition coefficient (Wildman–Crippen LogP) is 3.94. The lowest BCUT2D eigenvalue weighted by Gasteiger charge is -2.48. The number of hydrogen-bond acceptors (Lipinski definition) is 4. The van der Waals surface area contributed by atoms with Gasteiger partial charge in [-0.1, -0.05) is 0 Å². The quantitative estimate of drug-likeness (QED) is 0.696. The van der Waals surface area contributed by atoms with E-state index in [2.05, 4.69) is 30.8 Å². The molecule has 1 aromatic carbocycles. The van der Waals surface area contributed by atoms with E-state index >= 15 is 0 Å². The molecule has 0 aliphatic carbocycles. The van der Waals surface area contributed by atoms with Crippen molar-refractivity contribution < 1.29 is 9.13 Å². The van der Waals surface area contributed by atoms with Crippen molar-refractivity contribution in [2.75, 3.05) is 24.6 Å². The first kappa shape index (κ1) is 14.6. The first-order valence-corrected chi connectivity index (χ1v) is 8.45. The molecule has 22 heavy (non-hydrogen) atoms. The van der Waals surface area contributed by atoms with E-state index in [0.29, 0.717) is 15.7 Å². The summed E-state index contributed by atoms with van der Waals surface area (Å²) in [5.74, 6) is 0.283. The number of ether oxygens (including phenoxy) is 1. The van der Waals surface area contributed by atoms with E-state index in [0.717, 1.165) is 39.0 Å². The van der Waals surface area contributed by atoms with Crippen LogP contribution in [0.1, 0.15) is 19.3 Å². The molecule has 3 heterocycles. The van der Waals surface area contributed by atoms with Crippen LogP contribution in [0.3, 0.4) is 0 Å². The van der Waals surface area contributed by atoms with E-state index in [-0.39, 0.29) is 16.4 Å². The van der Waals surface area contributed by atoms with Gasteiger partial charge in [0, 0.05) is 24.9 Å². The summed E-state index contributed by atoms with van der Waals surface area (Å²) in [5.41, 5.74) is 0.189. The predicted molar refractivity (Wildman–Crippen MR) is 87.0 cm³/mol. The highest BCUT2D eigenvalue weighted by Crippen LogP contribution is 2.39. The lowest BCUT2D eigenvalue weighted by Crippen LogP contribution is -2.56. The maximum absolute atomic E-state index is 14.3. The number of hydrogen-bond donors (Lipinski definition) is 0. The number of rotatable bonds is 1. The number of piperidine rings is 1. The molecular formula is C15H14BrClFN3O. The topological polar surface area (TPSA) is 38.2 Å². The van der Waals surface area contributed by atoms with Crippen molar-refractivity contribution >= 4 is 44.3 Å². The Hall–Kier alpha value is -0.980. The fourth-order valence-electron chi connectivity index (χ4n) is 3.33. The van der Waals surface area contributed by atoms with Gasteiger partial charge < -0.3 is 9.64 Å². The lowest BCUT2D eigenvalue weighted by molar-refractivity contribution is -0.151. The summed E-state index contributed by atoms with van der Waals surface area (Å²) in [6.07, 6.45) is 3.17. The van der Waals surface area contributed by atoms with Crippen LogP contribution in [0.25, 0.3) is 10.9 Å². The minimum absolute atomic E-state index is 0.0596. The van der Waals surface area contributed by atoms with Gasteiger partial charge in [-0.3, -0.25) is 0 Å². The molecule has 1 atom stereocenters. The number of benzene rings is 1. The molecule has 4 rings (SSSR count). The van der Waals surface area contributed by atoms with Crippen LogP contribution in [-0.2, 0) is 4.74 Å². The molecule has 2 aliphatic heterocycles. The zero-order chi connectivity index (χ0) is 15.3. The second-order valence-corrected chi connectivity index (χ2v) is 7.07. The highest BCUT2D eigenvalue weighted by molar-refractivity contribution is 9.10. The number of nitrogens with zero attached hydrogens (tertiary/aromatic N) is 3. The van der Waals surface area contributed by atoms with Gasteiger partial charge in [-0.15, -0.1) is 0 Å². The molecule has 1 aromatic heterocycles. The van der Waals surface area contributed by atoms with Crippen molar-refractivity contribution in [1.29, 1.82) is 0 Å². The highest BCUT2D eigenvalue weighted by atomic mass is 79.9. The number of halogens is 3. The van der Waals surface area contributed by atoms with Crippen molar-refractivity contribution in [3.05, 3.63) is 27.7 Å². The van der Waals surface area contributed by atoms with Crippen LogP contribution < -0.4 is 4.90 Å². The first-order valence-electron chi connectivity index (χ1n) is 7.28. The van der Waals surface area contributed by atoms with Gasteiger partial charge in [-0.2, -0.15) is 4.98 Å². The first-order chi connectivity index (χ1) is 10.6. The van der Waals surface area contributed by atoms with Gasteiger partial charge in [-0.05, 0) is 52.5 Å². The van der Waals surface area contributed by atoms with Crippen molar-refractivity contribution in [3.8, 4) is 0 Å². The average Bonchev–Trinajstić information content (AvgIpc) is 2.49. The molecule has 116 valence electrons. The summed E-state index contributed by atoms with van der Waals surface area (Å²) >= 11 is 9.21. The van der Waals surface area contributed by atoms with Crippen LogP contribution in [0.2, 0.25) is 5.28 Å². The van der Waals surface area contributed by atoms with Gasteiger partial charge in [0.1, 0.15) is 11.3 Å². The SMILES string of the molecule is Fc1c(Br)ccc2c(N3CCC[C@@]4(CCO4)C3)nc(Cl)nc12. The number of fused-ring (bicyclic) bond motifs is 1. The van der Waals surface area contributed by atoms with Crippen molar-refractivity contribution in [1.82, 2.24) is 9.97 Å². The molecule has 0 unspecified atom stereocenters. The molecule has 7 heteroatoms. The van der Waals surface area contributed by atoms with Gasteiger partial charge in [0.05, 0.1) is 16.7 Å².